The molecule has 2 rings (SSSR count). The summed E-state index contributed by atoms with van der Waals surface area (Å²) in [5.41, 5.74) is 1.18. The van der Waals surface area contributed by atoms with Crippen molar-refractivity contribution in [2.45, 2.75) is 0 Å². The van der Waals surface area contributed by atoms with Gasteiger partial charge in [-0.15, -0.1) is 0 Å². The van der Waals surface area contributed by atoms with Crippen molar-refractivity contribution in [2.75, 3.05) is 4.90 Å². The van der Waals surface area contributed by atoms with E-state index < -0.39 is 5.37 Å². The summed E-state index contributed by atoms with van der Waals surface area (Å²) in [6.45, 7) is 0. The highest BCUT2D eigenvalue weighted by atomic mass is 35.5. The Morgan fingerprint density at radius 2 is 1.44 bits per heavy atom. The molecule has 0 aliphatic carbocycles. The zero-order chi connectivity index (χ0) is 13.1. The Bertz CT molecular complexity index is 551. The first-order valence-electron chi connectivity index (χ1n) is 5.08. The van der Waals surface area contributed by atoms with Crippen molar-refractivity contribution in [2.24, 2.45) is 0 Å². The van der Waals surface area contributed by atoms with Gasteiger partial charge in [0.05, 0.1) is 11.4 Å². The Labute approximate surface area is 120 Å². The maximum Gasteiger partial charge on any atom is 0.325 e. The number of nitrogens with zero attached hydrogens (tertiary/aromatic N) is 1. The first kappa shape index (κ1) is 13.2. The summed E-state index contributed by atoms with van der Waals surface area (Å²) >= 11 is 17.5. The molecule has 0 aliphatic rings. The summed E-state index contributed by atoms with van der Waals surface area (Å²) in [4.78, 5) is 12.9. The van der Waals surface area contributed by atoms with Crippen LogP contribution in [-0.4, -0.2) is 5.37 Å². The molecule has 18 heavy (non-hydrogen) atoms. The number of hydrogen-bond acceptors (Lipinski definition) is 1. The smallest absolute Gasteiger partial charge is 0.267 e. The minimum absolute atomic E-state index is 0.441. The molecule has 0 unspecified atom stereocenters. The molecule has 0 aromatic heterocycles. The predicted octanol–water partition coefficient (Wildman–Crippen LogP) is 5.49. The van der Waals surface area contributed by atoms with E-state index >= 15 is 0 Å². The molecule has 2 nitrogen and oxygen atoms in total. The van der Waals surface area contributed by atoms with Crippen LogP contribution in [-0.2, 0) is 0 Å². The average Bonchev–Trinajstić information content (AvgIpc) is 2.28. The van der Waals surface area contributed by atoms with Gasteiger partial charge in [-0.1, -0.05) is 41.4 Å². The van der Waals surface area contributed by atoms with E-state index in [-0.39, 0.29) is 0 Å². The van der Waals surface area contributed by atoms with Crippen molar-refractivity contribution < 1.29 is 4.79 Å². The summed E-state index contributed by atoms with van der Waals surface area (Å²) in [5.74, 6) is 0. The molecule has 2 aromatic rings. The maximum absolute atomic E-state index is 11.6. The average molecular weight is 301 g/mol. The van der Waals surface area contributed by atoms with E-state index in [1.807, 2.05) is 18.2 Å². The van der Waals surface area contributed by atoms with Gasteiger partial charge in [0.15, 0.2) is 0 Å². The molecule has 5 heteroatoms. The van der Waals surface area contributed by atoms with Gasteiger partial charge in [-0.25, -0.2) is 0 Å². The largest absolute Gasteiger partial charge is 0.325 e. The summed E-state index contributed by atoms with van der Waals surface area (Å²) in [5, 5.41) is 0.257. The third-order valence-corrected chi connectivity index (χ3v) is 2.90. The Morgan fingerprint density at radius 1 is 0.889 bits per heavy atom. The van der Waals surface area contributed by atoms with Crippen molar-refractivity contribution in [3.8, 4) is 0 Å². The zero-order valence-corrected chi connectivity index (χ0v) is 11.4. The van der Waals surface area contributed by atoms with Crippen LogP contribution < -0.4 is 4.90 Å². The van der Waals surface area contributed by atoms with Crippen LogP contribution in [0.3, 0.4) is 0 Å². The highest BCUT2D eigenvalue weighted by molar-refractivity contribution is 6.67. The van der Waals surface area contributed by atoms with Gasteiger partial charge in [0, 0.05) is 10.0 Å². The number of carbonyl (C=O) groups excluding carboxylic acids is 1. The summed E-state index contributed by atoms with van der Waals surface area (Å²) in [7, 11) is 0. The first-order valence-corrected chi connectivity index (χ1v) is 6.22. The molecule has 0 heterocycles. The fourth-order valence-corrected chi connectivity index (χ4v) is 2.31. The molecule has 0 aliphatic heterocycles. The van der Waals surface area contributed by atoms with E-state index in [2.05, 4.69) is 0 Å². The van der Waals surface area contributed by atoms with Crippen LogP contribution in [0.15, 0.2) is 48.5 Å². The minimum Gasteiger partial charge on any atom is -0.267 e. The molecule has 0 atom stereocenters. The van der Waals surface area contributed by atoms with E-state index in [0.717, 1.165) is 0 Å². The Hall–Kier alpha value is -1.22. The Kier molecular flexibility index (Phi) is 4.12. The molecule has 0 radical (unpaired) electrons. The second-order valence-electron chi connectivity index (χ2n) is 3.55. The van der Waals surface area contributed by atoms with Crippen LogP contribution in [0.5, 0.6) is 0 Å². The topological polar surface area (TPSA) is 20.3 Å². The van der Waals surface area contributed by atoms with Gasteiger partial charge in [0.1, 0.15) is 0 Å². The third kappa shape index (κ3) is 2.96. The number of amides is 1. The molecule has 1 amide bonds. The summed E-state index contributed by atoms with van der Waals surface area (Å²) < 4.78 is 0. The van der Waals surface area contributed by atoms with E-state index in [1.54, 1.807) is 30.3 Å². The van der Waals surface area contributed by atoms with E-state index in [4.69, 9.17) is 34.8 Å². The van der Waals surface area contributed by atoms with Crippen LogP contribution in [0, 0.1) is 0 Å². The van der Waals surface area contributed by atoms with Crippen molar-refractivity contribution in [3.05, 3.63) is 58.6 Å². The molecule has 0 N–H and O–H groups in total. The number of rotatable bonds is 2. The SMILES string of the molecule is O=C(Cl)N(c1ccccc1)c1cc(Cl)cc(Cl)c1. The molecular weight excluding hydrogens is 293 g/mol. The highest BCUT2D eigenvalue weighted by Crippen LogP contribution is 2.31. The van der Waals surface area contributed by atoms with Gasteiger partial charge in [0.25, 0.3) is 0 Å². The quantitative estimate of drug-likeness (QED) is 0.530. The molecular formula is C13H8Cl3NO. The third-order valence-electron chi connectivity index (χ3n) is 2.30. The Morgan fingerprint density at radius 3 is 1.94 bits per heavy atom. The Balaban J connectivity index is 2.52. The molecule has 0 fully saturated rings. The molecule has 92 valence electrons. The number of halogens is 3. The van der Waals surface area contributed by atoms with Gasteiger partial charge in [-0.05, 0) is 41.9 Å². The van der Waals surface area contributed by atoms with Crippen LogP contribution in [0.1, 0.15) is 0 Å². The predicted molar refractivity (Wildman–Crippen MR) is 76.3 cm³/mol. The molecule has 0 saturated carbocycles. The van der Waals surface area contributed by atoms with Crippen molar-refractivity contribution in [1.82, 2.24) is 0 Å². The number of para-hydroxylation sites is 1. The lowest BCUT2D eigenvalue weighted by Gasteiger charge is -2.20. The lowest BCUT2D eigenvalue weighted by molar-refractivity contribution is 0.266. The van der Waals surface area contributed by atoms with E-state index in [1.165, 1.54) is 4.90 Å². The first-order chi connectivity index (χ1) is 8.58. The van der Waals surface area contributed by atoms with E-state index in [0.29, 0.717) is 21.4 Å². The number of anilines is 2. The molecule has 0 bridgehead atoms. The van der Waals surface area contributed by atoms with E-state index in [9.17, 15) is 4.79 Å². The molecule has 0 spiro atoms. The minimum atomic E-state index is -0.625. The monoisotopic (exact) mass is 299 g/mol. The number of benzene rings is 2. The number of hydrogen-bond donors (Lipinski definition) is 0. The lowest BCUT2D eigenvalue weighted by Crippen LogP contribution is -2.19. The summed E-state index contributed by atoms with van der Waals surface area (Å²) in [6.07, 6.45) is 0. The van der Waals surface area contributed by atoms with Gasteiger partial charge in [-0.2, -0.15) is 0 Å². The summed E-state index contributed by atoms with van der Waals surface area (Å²) in [6, 6.07) is 13.9. The van der Waals surface area contributed by atoms with Crippen LogP contribution in [0.4, 0.5) is 16.2 Å². The van der Waals surface area contributed by atoms with Gasteiger partial charge >= 0.3 is 5.37 Å². The fourth-order valence-electron chi connectivity index (χ4n) is 1.60. The van der Waals surface area contributed by atoms with Gasteiger partial charge < -0.3 is 0 Å². The number of carbonyl (C=O) groups is 1. The highest BCUT2D eigenvalue weighted by Gasteiger charge is 2.16. The van der Waals surface area contributed by atoms with Crippen molar-refractivity contribution >= 4 is 51.5 Å². The standard InChI is InChI=1S/C13H8Cl3NO/c14-9-6-10(15)8-12(7-9)17(13(16)18)11-4-2-1-3-5-11/h1-8H. The second kappa shape index (κ2) is 5.61. The molecule has 2 aromatic carbocycles. The van der Waals surface area contributed by atoms with Gasteiger partial charge in [0.2, 0.25) is 0 Å². The van der Waals surface area contributed by atoms with Crippen molar-refractivity contribution in [1.29, 1.82) is 0 Å². The normalized spacial score (nSPS) is 10.2. The maximum atomic E-state index is 11.6. The van der Waals surface area contributed by atoms with Crippen LogP contribution in [0.2, 0.25) is 10.0 Å². The zero-order valence-electron chi connectivity index (χ0n) is 9.11. The van der Waals surface area contributed by atoms with Crippen molar-refractivity contribution in [3.63, 3.8) is 0 Å². The lowest BCUT2D eigenvalue weighted by atomic mass is 10.2. The molecule has 0 saturated heterocycles. The fraction of sp³-hybridized carbons (Fsp3) is 0. The van der Waals surface area contributed by atoms with Crippen LogP contribution >= 0.6 is 34.8 Å². The van der Waals surface area contributed by atoms with Crippen LogP contribution in [0.25, 0.3) is 0 Å². The second-order valence-corrected chi connectivity index (χ2v) is 4.75. The van der Waals surface area contributed by atoms with Gasteiger partial charge in [-0.3, -0.25) is 9.69 Å².